The predicted molar refractivity (Wildman–Crippen MR) is 45.1 cm³/mol. The Morgan fingerprint density at radius 1 is 1.69 bits per heavy atom. The standard InChI is InChI=1S/C9H11NO3/c10-7-4-6(9(11)12)3-5-1-2-13-8(5)7/h1-2,6-7H,3-4,10H2,(H,11,12). The van der Waals surface area contributed by atoms with Crippen LogP contribution in [0.15, 0.2) is 16.7 Å². The van der Waals surface area contributed by atoms with E-state index in [0.29, 0.717) is 12.8 Å². The van der Waals surface area contributed by atoms with Gasteiger partial charge in [0.1, 0.15) is 5.76 Å². The number of hydrogen-bond donors (Lipinski definition) is 2. The van der Waals surface area contributed by atoms with Crippen LogP contribution in [-0.4, -0.2) is 11.1 Å². The Morgan fingerprint density at radius 2 is 2.46 bits per heavy atom. The monoisotopic (exact) mass is 181 g/mol. The molecule has 1 aliphatic carbocycles. The van der Waals surface area contributed by atoms with Crippen molar-refractivity contribution in [3.63, 3.8) is 0 Å². The van der Waals surface area contributed by atoms with Crippen molar-refractivity contribution in [2.45, 2.75) is 18.9 Å². The summed E-state index contributed by atoms with van der Waals surface area (Å²) in [6, 6.07) is 1.53. The second-order valence-electron chi connectivity index (χ2n) is 3.39. The first-order valence-corrected chi connectivity index (χ1v) is 4.23. The summed E-state index contributed by atoms with van der Waals surface area (Å²) in [6.45, 7) is 0. The van der Waals surface area contributed by atoms with Crippen LogP contribution < -0.4 is 5.73 Å². The Kier molecular flexibility index (Phi) is 1.84. The zero-order chi connectivity index (χ0) is 9.42. The third-order valence-corrected chi connectivity index (χ3v) is 2.47. The van der Waals surface area contributed by atoms with Gasteiger partial charge in [-0.15, -0.1) is 0 Å². The van der Waals surface area contributed by atoms with Gasteiger partial charge in [0.2, 0.25) is 0 Å². The second-order valence-corrected chi connectivity index (χ2v) is 3.39. The number of fused-ring (bicyclic) bond motifs is 1. The maximum atomic E-state index is 10.7. The Hall–Kier alpha value is -1.29. The molecule has 4 nitrogen and oxygen atoms in total. The molecule has 1 aromatic heterocycles. The van der Waals surface area contributed by atoms with Crippen molar-refractivity contribution in [2.24, 2.45) is 11.7 Å². The molecule has 0 aromatic carbocycles. The lowest BCUT2D eigenvalue weighted by Crippen LogP contribution is -2.27. The first kappa shape index (κ1) is 8.31. The minimum Gasteiger partial charge on any atom is -0.481 e. The topological polar surface area (TPSA) is 76.5 Å². The highest BCUT2D eigenvalue weighted by atomic mass is 16.4. The quantitative estimate of drug-likeness (QED) is 0.675. The number of aliphatic carboxylic acids is 1. The Bertz CT molecular complexity index is 331. The Morgan fingerprint density at radius 3 is 3.15 bits per heavy atom. The molecule has 0 bridgehead atoms. The molecule has 1 aromatic rings. The van der Waals surface area contributed by atoms with Gasteiger partial charge in [0, 0.05) is 0 Å². The minimum atomic E-state index is -0.776. The van der Waals surface area contributed by atoms with Crippen LogP contribution in [0.3, 0.4) is 0 Å². The van der Waals surface area contributed by atoms with Gasteiger partial charge < -0.3 is 15.3 Å². The highest BCUT2D eigenvalue weighted by Gasteiger charge is 2.30. The molecule has 0 saturated carbocycles. The van der Waals surface area contributed by atoms with Crippen LogP contribution in [0.5, 0.6) is 0 Å². The number of carboxylic acid groups (broad SMARTS) is 1. The number of furan rings is 1. The number of rotatable bonds is 1. The molecule has 2 rings (SSSR count). The summed E-state index contributed by atoms with van der Waals surface area (Å²) >= 11 is 0. The van der Waals surface area contributed by atoms with E-state index >= 15 is 0 Å². The van der Waals surface area contributed by atoms with Gasteiger partial charge in [-0.25, -0.2) is 0 Å². The maximum Gasteiger partial charge on any atom is 0.306 e. The fourth-order valence-corrected chi connectivity index (χ4v) is 1.79. The fourth-order valence-electron chi connectivity index (χ4n) is 1.79. The van der Waals surface area contributed by atoms with Crippen LogP contribution in [0.1, 0.15) is 23.8 Å². The average molecular weight is 181 g/mol. The van der Waals surface area contributed by atoms with E-state index in [-0.39, 0.29) is 12.0 Å². The molecule has 0 spiro atoms. The van der Waals surface area contributed by atoms with Gasteiger partial charge in [0.05, 0.1) is 18.2 Å². The van der Waals surface area contributed by atoms with E-state index in [1.807, 2.05) is 0 Å². The van der Waals surface area contributed by atoms with Gasteiger partial charge in [0.25, 0.3) is 0 Å². The van der Waals surface area contributed by atoms with Crippen molar-refractivity contribution in [3.8, 4) is 0 Å². The van der Waals surface area contributed by atoms with Gasteiger partial charge in [0.15, 0.2) is 0 Å². The van der Waals surface area contributed by atoms with E-state index in [1.165, 1.54) is 0 Å². The molecule has 2 unspecified atom stereocenters. The molecule has 0 amide bonds. The molecular formula is C9H11NO3. The van der Waals surface area contributed by atoms with Crippen molar-refractivity contribution in [3.05, 3.63) is 23.7 Å². The molecule has 0 fully saturated rings. The van der Waals surface area contributed by atoms with Crippen LogP contribution >= 0.6 is 0 Å². The number of carbonyl (C=O) groups is 1. The maximum absolute atomic E-state index is 10.7. The summed E-state index contributed by atoms with van der Waals surface area (Å²) in [7, 11) is 0. The van der Waals surface area contributed by atoms with Crippen LogP contribution in [0, 0.1) is 5.92 Å². The van der Waals surface area contributed by atoms with Crippen molar-refractivity contribution in [1.29, 1.82) is 0 Å². The summed E-state index contributed by atoms with van der Waals surface area (Å²) in [4.78, 5) is 10.7. The molecule has 0 aliphatic heterocycles. The van der Waals surface area contributed by atoms with Gasteiger partial charge in [-0.05, 0) is 24.5 Å². The second kappa shape index (κ2) is 2.88. The molecule has 1 aliphatic rings. The average Bonchev–Trinajstić information content (AvgIpc) is 2.51. The van der Waals surface area contributed by atoms with Crippen LogP contribution in [0.2, 0.25) is 0 Å². The molecule has 13 heavy (non-hydrogen) atoms. The highest BCUT2D eigenvalue weighted by Crippen LogP contribution is 2.32. The molecule has 2 atom stereocenters. The van der Waals surface area contributed by atoms with E-state index in [1.54, 1.807) is 12.3 Å². The summed E-state index contributed by atoms with van der Waals surface area (Å²) in [5.74, 6) is -0.389. The highest BCUT2D eigenvalue weighted by molar-refractivity contribution is 5.71. The summed E-state index contributed by atoms with van der Waals surface area (Å²) in [5.41, 5.74) is 6.70. The van der Waals surface area contributed by atoms with E-state index in [0.717, 1.165) is 11.3 Å². The third kappa shape index (κ3) is 1.33. The van der Waals surface area contributed by atoms with Gasteiger partial charge in [-0.1, -0.05) is 0 Å². The molecular weight excluding hydrogens is 170 g/mol. The first-order valence-electron chi connectivity index (χ1n) is 4.23. The molecule has 3 N–H and O–H groups in total. The van der Waals surface area contributed by atoms with E-state index < -0.39 is 5.97 Å². The number of nitrogens with two attached hydrogens (primary N) is 1. The number of hydrogen-bond acceptors (Lipinski definition) is 3. The fraction of sp³-hybridized carbons (Fsp3) is 0.444. The van der Waals surface area contributed by atoms with Crippen molar-refractivity contribution in [1.82, 2.24) is 0 Å². The number of carboxylic acids is 1. The summed E-state index contributed by atoms with van der Waals surface area (Å²) in [6.07, 6.45) is 2.57. The lowest BCUT2D eigenvalue weighted by molar-refractivity contribution is -0.142. The SMILES string of the molecule is NC1CC(C(=O)O)Cc2ccoc21. The smallest absolute Gasteiger partial charge is 0.306 e. The molecule has 1 heterocycles. The van der Waals surface area contributed by atoms with Crippen LogP contribution in [0.4, 0.5) is 0 Å². The lowest BCUT2D eigenvalue weighted by Gasteiger charge is -2.22. The van der Waals surface area contributed by atoms with Crippen molar-refractivity contribution < 1.29 is 14.3 Å². The zero-order valence-electron chi connectivity index (χ0n) is 7.06. The molecule has 70 valence electrons. The predicted octanol–water partition coefficient (Wildman–Crippen LogP) is 0.926. The molecule has 0 saturated heterocycles. The van der Waals surface area contributed by atoms with E-state index in [2.05, 4.69) is 0 Å². The normalized spacial score (nSPS) is 26.8. The molecule has 0 radical (unpaired) electrons. The third-order valence-electron chi connectivity index (χ3n) is 2.47. The van der Waals surface area contributed by atoms with Gasteiger partial charge >= 0.3 is 5.97 Å². The molecule has 4 heteroatoms. The van der Waals surface area contributed by atoms with E-state index in [9.17, 15) is 4.79 Å². The van der Waals surface area contributed by atoms with E-state index in [4.69, 9.17) is 15.3 Å². The lowest BCUT2D eigenvalue weighted by atomic mass is 9.85. The van der Waals surface area contributed by atoms with Crippen LogP contribution in [-0.2, 0) is 11.2 Å². The van der Waals surface area contributed by atoms with Crippen molar-refractivity contribution >= 4 is 5.97 Å². The summed E-state index contributed by atoms with van der Waals surface area (Å²) in [5, 5.41) is 8.83. The minimum absolute atomic E-state index is 0.264. The zero-order valence-corrected chi connectivity index (χ0v) is 7.06. The summed E-state index contributed by atoms with van der Waals surface area (Å²) < 4.78 is 5.18. The van der Waals surface area contributed by atoms with Gasteiger partial charge in [-0.3, -0.25) is 4.79 Å². The Balaban J connectivity index is 2.28. The largest absolute Gasteiger partial charge is 0.481 e. The van der Waals surface area contributed by atoms with Crippen LogP contribution in [0.25, 0.3) is 0 Å². The van der Waals surface area contributed by atoms with Crippen molar-refractivity contribution in [2.75, 3.05) is 0 Å². The first-order chi connectivity index (χ1) is 6.18. The Labute approximate surface area is 75.3 Å². The van der Waals surface area contributed by atoms with Gasteiger partial charge in [-0.2, -0.15) is 0 Å².